The van der Waals surface area contributed by atoms with Crippen molar-refractivity contribution in [1.82, 2.24) is 15.1 Å². The van der Waals surface area contributed by atoms with E-state index in [0.29, 0.717) is 27.0 Å². The standard InChI is InChI=1S/C21H19Cl2FN4O.ClH/c22-14-9-15(23)11-17(10-14)27-21(29)19-12-26-28(18-3-1-16(24)2-4-18)20(19)13-5-7-25-8-6-13;/h1-4,9-13,25H,5-8H2,(H,27,29);1H. The summed E-state index contributed by atoms with van der Waals surface area (Å²) in [5.74, 6) is -0.446. The van der Waals surface area contributed by atoms with E-state index in [9.17, 15) is 9.18 Å². The average molecular weight is 470 g/mol. The number of hydrogen-bond acceptors (Lipinski definition) is 3. The molecule has 1 fully saturated rings. The molecule has 2 N–H and O–H groups in total. The zero-order valence-electron chi connectivity index (χ0n) is 15.9. The highest BCUT2D eigenvalue weighted by molar-refractivity contribution is 6.35. The summed E-state index contributed by atoms with van der Waals surface area (Å²) in [5, 5.41) is 11.5. The largest absolute Gasteiger partial charge is 0.322 e. The molecular formula is C21H20Cl3FN4O. The molecule has 0 spiro atoms. The molecule has 2 aromatic carbocycles. The first-order valence-electron chi connectivity index (χ1n) is 9.33. The van der Waals surface area contributed by atoms with E-state index < -0.39 is 0 Å². The lowest BCUT2D eigenvalue weighted by molar-refractivity contribution is 0.102. The number of aromatic nitrogens is 2. The topological polar surface area (TPSA) is 59.0 Å². The maximum atomic E-state index is 13.4. The van der Waals surface area contributed by atoms with Gasteiger partial charge < -0.3 is 10.6 Å². The number of nitrogens with one attached hydrogen (secondary N) is 2. The molecule has 0 aliphatic carbocycles. The predicted molar refractivity (Wildman–Crippen MR) is 120 cm³/mol. The van der Waals surface area contributed by atoms with Gasteiger partial charge in [-0.05, 0) is 68.4 Å². The van der Waals surface area contributed by atoms with Crippen molar-refractivity contribution < 1.29 is 9.18 Å². The summed E-state index contributed by atoms with van der Waals surface area (Å²) in [4.78, 5) is 13.1. The van der Waals surface area contributed by atoms with Crippen LogP contribution in [-0.2, 0) is 0 Å². The van der Waals surface area contributed by atoms with Crippen LogP contribution in [0.15, 0.2) is 48.7 Å². The van der Waals surface area contributed by atoms with Crippen molar-refractivity contribution in [2.24, 2.45) is 0 Å². The summed E-state index contributed by atoms with van der Waals surface area (Å²) in [6, 6.07) is 11.0. The Balaban J connectivity index is 0.00000256. The molecule has 0 bridgehead atoms. The lowest BCUT2D eigenvalue weighted by Gasteiger charge is -2.24. The minimum atomic E-state index is -0.319. The summed E-state index contributed by atoms with van der Waals surface area (Å²) in [5.41, 5.74) is 2.53. The van der Waals surface area contributed by atoms with Crippen molar-refractivity contribution in [1.29, 1.82) is 0 Å². The molecule has 2 heterocycles. The molecule has 0 atom stereocenters. The molecule has 5 nitrogen and oxygen atoms in total. The maximum absolute atomic E-state index is 13.4. The van der Waals surface area contributed by atoms with Gasteiger partial charge in [-0.15, -0.1) is 12.4 Å². The van der Waals surface area contributed by atoms with Crippen molar-refractivity contribution in [2.45, 2.75) is 18.8 Å². The first-order chi connectivity index (χ1) is 14.0. The number of nitrogens with zero attached hydrogens (tertiary/aromatic N) is 2. The monoisotopic (exact) mass is 468 g/mol. The number of carbonyl (C=O) groups excluding carboxylic acids is 1. The van der Waals surface area contributed by atoms with Gasteiger partial charge in [-0.2, -0.15) is 5.10 Å². The molecule has 158 valence electrons. The van der Waals surface area contributed by atoms with Crippen LogP contribution in [0.25, 0.3) is 5.69 Å². The maximum Gasteiger partial charge on any atom is 0.259 e. The van der Waals surface area contributed by atoms with Crippen molar-refractivity contribution in [3.63, 3.8) is 0 Å². The van der Waals surface area contributed by atoms with Gasteiger partial charge >= 0.3 is 0 Å². The van der Waals surface area contributed by atoms with Gasteiger partial charge in [0.15, 0.2) is 0 Å². The number of carbonyl (C=O) groups is 1. The Hall–Kier alpha value is -2.12. The van der Waals surface area contributed by atoms with E-state index >= 15 is 0 Å². The molecule has 1 aliphatic rings. The molecular weight excluding hydrogens is 450 g/mol. The SMILES string of the molecule is Cl.O=C(Nc1cc(Cl)cc(Cl)c1)c1cnn(-c2ccc(F)cc2)c1C1CCNCC1. The van der Waals surface area contributed by atoms with E-state index in [1.165, 1.54) is 12.1 Å². The summed E-state index contributed by atoms with van der Waals surface area (Å²) < 4.78 is 15.1. The van der Waals surface area contributed by atoms with E-state index in [-0.39, 0.29) is 30.0 Å². The first kappa shape index (κ1) is 22.6. The number of amides is 1. The second kappa shape index (κ2) is 9.79. The van der Waals surface area contributed by atoms with Crippen molar-refractivity contribution >= 4 is 47.2 Å². The van der Waals surface area contributed by atoms with E-state index in [0.717, 1.165) is 31.6 Å². The number of benzene rings is 2. The molecule has 1 amide bonds. The van der Waals surface area contributed by atoms with Crippen LogP contribution < -0.4 is 10.6 Å². The Morgan fingerprint density at radius 2 is 1.73 bits per heavy atom. The van der Waals surface area contributed by atoms with Gasteiger partial charge in [0.1, 0.15) is 5.82 Å². The normalized spacial score (nSPS) is 14.2. The molecule has 4 rings (SSSR count). The summed E-state index contributed by atoms with van der Waals surface area (Å²) >= 11 is 12.1. The quantitative estimate of drug-likeness (QED) is 0.533. The molecule has 0 saturated carbocycles. The molecule has 0 radical (unpaired) electrons. The Labute approximate surface area is 190 Å². The van der Waals surface area contributed by atoms with Crippen molar-refractivity contribution in [3.05, 3.63) is 75.8 Å². The van der Waals surface area contributed by atoms with E-state index in [2.05, 4.69) is 15.7 Å². The number of anilines is 1. The van der Waals surface area contributed by atoms with Crippen molar-refractivity contribution in [3.8, 4) is 5.69 Å². The Kier molecular flexibility index (Phi) is 7.36. The van der Waals surface area contributed by atoms with Crippen LogP contribution in [-0.4, -0.2) is 28.8 Å². The third kappa shape index (κ3) is 4.95. The lowest BCUT2D eigenvalue weighted by atomic mass is 9.91. The van der Waals surface area contributed by atoms with Crippen LogP contribution in [0, 0.1) is 5.82 Å². The second-order valence-electron chi connectivity index (χ2n) is 6.97. The van der Waals surface area contributed by atoms with E-state index in [1.807, 2.05) is 0 Å². The molecule has 0 unspecified atom stereocenters. The molecule has 1 aromatic heterocycles. The van der Waals surface area contributed by atoms with Gasteiger partial charge in [-0.25, -0.2) is 9.07 Å². The summed E-state index contributed by atoms with van der Waals surface area (Å²) in [7, 11) is 0. The number of halogens is 4. The van der Waals surface area contributed by atoms with Crippen LogP contribution in [0.4, 0.5) is 10.1 Å². The lowest BCUT2D eigenvalue weighted by Crippen LogP contribution is -2.29. The fourth-order valence-corrected chi connectivity index (χ4v) is 4.16. The zero-order valence-corrected chi connectivity index (χ0v) is 18.2. The molecule has 3 aromatic rings. The van der Waals surface area contributed by atoms with E-state index in [1.54, 1.807) is 41.2 Å². The fraction of sp³-hybridized carbons (Fsp3) is 0.238. The molecule has 9 heteroatoms. The van der Waals surface area contributed by atoms with Gasteiger partial charge in [0.05, 0.1) is 23.1 Å². The van der Waals surface area contributed by atoms with Crippen LogP contribution in [0.3, 0.4) is 0 Å². The van der Waals surface area contributed by atoms with Gasteiger partial charge in [-0.3, -0.25) is 4.79 Å². The summed E-state index contributed by atoms with van der Waals surface area (Å²) in [6.45, 7) is 1.73. The fourth-order valence-electron chi connectivity index (χ4n) is 3.63. The highest BCUT2D eigenvalue weighted by Crippen LogP contribution is 2.31. The third-order valence-corrected chi connectivity index (χ3v) is 5.40. The van der Waals surface area contributed by atoms with Gasteiger partial charge in [0.25, 0.3) is 5.91 Å². The van der Waals surface area contributed by atoms with Crippen LogP contribution in [0.1, 0.15) is 34.8 Å². The van der Waals surface area contributed by atoms with E-state index in [4.69, 9.17) is 23.2 Å². The third-order valence-electron chi connectivity index (χ3n) is 4.97. The Morgan fingerprint density at radius 1 is 1.10 bits per heavy atom. The highest BCUT2D eigenvalue weighted by Gasteiger charge is 2.27. The zero-order chi connectivity index (χ0) is 20.4. The number of piperidine rings is 1. The molecule has 1 aliphatic heterocycles. The Morgan fingerprint density at radius 3 is 2.37 bits per heavy atom. The number of rotatable bonds is 4. The smallest absolute Gasteiger partial charge is 0.259 e. The van der Waals surface area contributed by atoms with Gasteiger partial charge in [-0.1, -0.05) is 23.2 Å². The van der Waals surface area contributed by atoms with Crippen LogP contribution >= 0.6 is 35.6 Å². The second-order valence-corrected chi connectivity index (χ2v) is 7.84. The minimum Gasteiger partial charge on any atom is -0.322 e. The average Bonchev–Trinajstić information content (AvgIpc) is 3.13. The first-order valence-corrected chi connectivity index (χ1v) is 10.1. The predicted octanol–water partition coefficient (Wildman–Crippen LogP) is 5.46. The molecule has 30 heavy (non-hydrogen) atoms. The Bertz CT molecular complexity index is 1010. The van der Waals surface area contributed by atoms with Gasteiger partial charge in [0, 0.05) is 21.7 Å². The van der Waals surface area contributed by atoms with Crippen LogP contribution in [0.2, 0.25) is 10.0 Å². The van der Waals surface area contributed by atoms with Crippen LogP contribution in [0.5, 0.6) is 0 Å². The van der Waals surface area contributed by atoms with Crippen molar-refractivity contribution in [2.75, 3.05) is 18.4 Å². The highest BCUT2D eigenvalue weighted by atomic mass is 35.5. The number of hydrogen-bond donors (Lipinski definition) is 2. The molecule has 1 saturated heterocycles. The summed E-state index contributed by atoms with van der Waals surface area (Å²) in [6.07, 6.45) is 3.33. The van der Waals surface area contributed by atoms with Gasteiger partial charge in [0.2, 0.25) is 0 Å². The minimum absolute atomic E-state index is 0.